The zero-order valence-corrected chi connectivity index (χ0v) is 20.1. The van der Waals surface area contributed by atoms with E-state index in [-0.39, 0.29) is 28.5 Å². The Morgan fingerprint density at radius 3 is 2.24 bits per heavy atom. The molecule has 13 nitrogen and oxygen atoms in total. The van der Waals surface area contributed by atoms with Crippen molar-refractivity contribution in [3.05, 3.63) is 46.5 Å². The smallest absolute Gasteiger partial charge is 0.294 e. The third-order valence-electron chi connectivity index (χ3n) is 4.14. The van der Waals surface area contributed by atoms with Gasteiger partial charge in [-0.15, -0.1) is 4.13 Å². The maximum atomic E-state index is 12.5. The molecule has 0 aromatic heterocycles. The molecular weight excluding hydrogens is 498 g/mol. The van der Waals surface area contributed by atoms with Crippen molar-refractivity contribution in [3.8, 4) is 0 Å². The van der Waals surface area contributed by atoms with Gasteiger partial charge in [0.25, 0.3) is 15.7 Å². The fourth-order valence-electron chi connectivity index (χ4n) is 2.64. The summed E-state index contributed by atoms with van der Waals surface area (Å²) in [6.07, 6.45) is 2.01. The quantitative estimate of drug-likeness (QED) is 0.144. The molecule has 2 rings (SSSR count). The molecule has 0 aliphatic rings. The number of unbranched alkanes of at least 4 members (excludes halogenated alkanes) is 1. The minimum Gasteiger partial charge on any atom is -0.398 e. The number of nitro benzene ring substituents is 1. The van der Waals surface area contributed by atoms with Crippen LogP contribution in [0, 0.1) is 10.1 Å². The first kappa shape index (κ1) is 26.5. The number of nitrogens with two attached hydrogens (primary N) is 1. The van der Waals surface area contributed by atoms with Crippen molar-refractivity contribution < 1.29 is 30.2 Å². The van der Waals surface area contributed by atoms with Gasteiger partial charge < -0.3 is 11.1 Å². The number of anilines is 3. The van der Waals surface area contributed by atoms with Crippen LogP contribution in [-0.4, -0.2) is 43.0 Å². The topological polar surface area (TPSA) is 208 Å². The van der Waals surface area contributed by atoms with Crippen LogP contribution < -0.4 is 19.9 Å². The lowest BCUT2D eigenvalue weighted by Crippen LogP contribution is -2.29. The van der Waals surface area contributed by atoms with Gasteiger partial charge in [-0.25, -0.2) is 30.0 Å². The van der Waals surface area contributed by atoms with Gasteiger partial charge in [-0.05, 0) is 36.8 Å². The van der Waals surface area contributed by atoms with Gasteiger partial charge in [-0.1, -0.05) is 13.3 Å². The van der Waals surface area contributed by atoms with Crippen LogP contribution >= 0.6 is 0 Å². The second-order valence-electron chi connectivity index (χ2n) is 6.92. The van der Waals surface area contributed by atoms with Gasteiger partial charge in [0, 0.05) is 18.3 Å². The highest BCUT2D eigenvalue weighted by Gasteiger charge is 2.25. The molecule has 16 heteroatoms. The van der Waals surface area contributed by atoms with E-state index in [2.05, 4.69) is 10.0 Å². The molecule has 0 aliphatic carbocycles. The van der Waals surface area contributed by atoms with Gasteiger partial charge in [-0.2, -0.15) is 0 Å². The molecule has 182 valence electrons. The summed E-state index contributed by atoms with van der Waals surface area (Å²) in [5.74, 6) is 0. The fraction of sp³-hybridized carbons (Fsp3) is 0.294. The van der Waals surface area contributed by atoms with E-state index in [9.17, 15) is 35.4 Å². The van der Waals surface area contributed by atoms with Crippen LogP contribution in [-0.2, 0) is 30.1 Å². The van der Waals surface area contributed by atoms with Crippen molar-refractivity contribution in [1.82, 2.24) is 8.85 Å². The van der Waals surface area contributed by atoms with Crippen molar-refractivity contribution in [1.29, 1.82) is 0 Å². The molecule has 0 unspecified atom stereocenters. The maximum absolute atomic E-state index is 12.5. The summed E-state index contributed by atoms with van der Waals surface area (Å²) >= 11 is 0. The van der Waals surface area contributed by atoms with Gasteiger partial charge in [0.1, 0.15) is 10.6 Å². The summed E-state index contributed by atoms with van der Waals surface area (Å²) in [7, 11) is -12.7. The zero-order chi connectivity index (χ0) is 25.0. The number of nitrogens with zero attached hydrogens (tertiary/aromatic N) is 1. The summed E-state index contributed by atoms with van der Waals surface area (Å²) in [6, 6.07) is 6.57. The number of rotatable bonds is 11. The molecule has 2 aromatic rings. The van der Waals surface area contributed by atoms with Gasteiger partial charge in [-0.3, -0.25) is 10.1 Å². The summed E-state index contributed by atoms with van der Waals surface area (Å²) in [4.78, 5) is 9.76. The number of sulfonamides is 3. The van der Waals surface area contributed by atoms with Crippen molar-refractivity contribution in [3.63, 3.8) is 0 Å². The molecule has 0 bridgehead atoms. The summed E-state index contributed by atoms with van der Waals surface area (Å²) in [5, 5.41) is 14.2. The van der Waals surface area contributed by atoms with Crippen LogP contribution in [0.5, 0.6) is 0 Å². The van der Waals surface area contributed by atoms with Crippen LogP contribution in [0.1, 0.15) is 19.8 Å². The van der Waals surface area contributed by atoms with Crippen LogP contribution in [0.2, 0.25) is 0 Å². The van der Waals surface area contributed by atoms with E-state index in [1.165, 1.54) is 22.3 Å². The number of hydrogen-bond donors (Lipinski definition) is 4. The monoisotopic (exact) mass is 521 g/mol. The Kier molecular flexibility index (Phi) is 8.02. The predicted octanol–water partition coefficient (Wildman–Crippen LogP) is 1.24. The first-order valence-electron chi connectivity index (χ1n) is 9.34. The van der Waals surface area contributed by atoms with Crippen LogP contribution in [0.25, 0.3) is 0 Å². The average Bonchev–Trinajstić information content (AvgIpc) is 2.67. The lowest BCUT2D eigenvalue weighted by atomic mass is 10.2. The van der Waals surface area contributed by atoms with Gasteiger partial charge in [0.15, 0.2) is 0 Å². The van der Waals surface area contributed by atoms with Crippen LogP contribution in [0.4, 0.5) is 22.7 Å². The Balaban J connectivity index is 2.44. The Morgan fingerprint density at radius 2 is 1.67 bits per heavy atom. The molecule has 0 aliphatic heterocycles. The Morgan fingerprint density at radius 1 is 1.00 bits per heavy atom. The minimum absolute atomic E-state index is 0.0349. The van der Waals surface area contributed by atoms with E-state index >= 15 is 0 Å². The Hall–Kier alpha value is -2.79. The van der Waals surface area contributed by atoms with Crippen molar-refractivity contribution >= 4 is 52.8 Å². The number of nitrogens with one attached hydrogen (secondary N) is 3. The van der Waals surface area contributed by atoms with Gasteiger partial charge in [0.05, 0.1) is 21.8 Å². The van der Waals surface area contributed by atoms with E-state index < -0.39 is 45.6 Å². The molecule has 0 radical (unpaired) electrons. The van der Waals surface area contributed by atoms with E-state index in [1.54, 1.807) is 0 Å². The predicted molar refractivity (Wildman–Crippen MR) is 122 cm³/mol. The summed E-state index contributed by atoms with van der Waals surface area (Å²) in [6.45, 7) is 2.10. The Bertz CT molecular complexity index is 1370. The molecule has 2 aromatic carbocycles. The maximum Gasteiger partial charge on any atom is 0.294 e. The third-order valence-corrected chi connectivity index (χ3v) is 8.62. The molecule has 0 saturated heterocycles. The normalized spacial score (nSPS) is 12.4. The van der Waals surface area contributed by atoms with Crippen molar-refractivity contribution in [2.75, 3.05) is 23.9 Å². The highest BCUT2D eigenvalue weighted by molar-refractivity contribution is 8.04. The zero-order valence-electron chi connectivity index (χ0n) is 17.6. The standard InChI is InChI=1S/C17H23N5O8S3/c1-3-4-9-19-33(29,30)17-10-12(5-7-14(17)18)20-15-8-6-13(11-16(15)22(23)24)32(27,28)21-31(2,25)26/h5-8,10-11,19-21H,3-4,9,18H2,1-2H3. The van der Waals surface area contributed by atoms with Crippen molar-refractivity contribution in [2.24, 2.45) is 0 Å². The molecule has 0 amide bonds. The lowest BCUT2D eigenvalue weighted by Gasteiger charge is -2.13. The molecule has 5 N–H and O–H groups in total. The fourth-order valence-corrected chi connectivity index (χ4v) is 6.37. The minimum atomic E-state index is -4.58. The summed E-state index contributed by atoms with van der Waals surface area (Å²) in [5.41, 5.74) is 5.04. The van der Waals surface area contributed by atoms with Crippen LogP contribution in [0.3, 0.4) is 0 Å². The molecule has 0 atom stereocenters. The van der Waals surface area contributed by atoms with Crippen molar-refractivity contribution in [2.45, 2.75) is 29.6 Å². The van der Waals surface area contributed by atoms with E-state index in [0.29, 0.717) is 18.7 Å². The molecule has 0 saturated carbocycles. The highest BCUT2D eigenvalue weighted by atomic mass is 32.3. The number of nitro groups is 1. The first-order chi connectivity index (χ1) is 15.2. The van der Waals surface area contributed by atoms with Gasteiger partial charge in [0.2, 0.25) is 20.0 Å². The lowest BCUT2D eigenvalue weighted by molar-refractivity contribution is -0.384. The number of hydrogen-bond acceptors (Lipinski definition) is 10. The second-order valence-corrected chi connectivity index (χ2v) is 12.3. The van der Waals surface area contributed by atoms with Crippen LogP contribution in [0.15, 0.2) is 46.2 Å². The largest absolute Gasteiger partial charge is 0.398 e. The highest BCUT2D eigenvalue weighted by Crippen LogP contribution is 2.32. The molecular formula is C17H23N5O8S3. The first-order valence-corrected chi connectivity index (χ1v) is 14.2. The molecule has 0 heterocycles. The summed E-state index contributed by atoms with van der Waals surface area (Å²) < 4.78 is 75.8. The van der Waals surface area contributed by atoms with Gasteiger partial charge >= 0.3 is 0 Å². The SMILES string of the molecule is CCCCNS(=O)(=O)c1cc(Nc2ccc(S(=O)(=O)NS(C)(=O)=O)cc2[N+](=O)[O-])ccc1N. The van der Waals surface area contributed by atoms with E-state index in [0.717, 1.165) is 18.6 Å². The Labute approximate surface area is 191 Å². The average molecular weight is 522 g/mol. The number of nitrogen functional groups attached to an aromatic ring is 1. The number of benzene rings is 2. The van der Waals surface area contributed by atoms with E-state index in [4.69, 9.17) is 5.73 Å². The molecule has 0 spiro atoms. The molecule has 33 heavy (non-hydrogen) atoms. The third kappa shape index (κ3) is 7.10. The van der Waals surface area contributed by atoms with E-state index in [1.807, 2.05) is 6.92 Å². The molecule has 0 fully saturated rings. The second kappa shape index (κ2) is 10.0.